The van der Waals surface area contributed by atoms with E-state index in [1.54, 1.807) is 19.3 Å². The minimum Gasteiger partial charge on any atom is -0.497 e. The SMILES string of the molecule is C=CCC(CC=C)(C(=O)O)C(CCC)c1ccc2cc(OC)ccc2c1. The molecule has 0 heterocycles. The number of carboxylic acids is 1. The number of carbonyl (C=O) groups is 1. The van der Waals surface area contributed by atoms with E-state index in [1.165, 1.54) is 0 Å². The normalized spacial score (nSPS) is 12.5. The third-order valence-corrected chi connectivity index (χ3v) is 5.16. The molecule has 2 aromatic carbocycles. The number of ether oxygens (including phenoxy) is 1. The Bertz CT molecular complexity index is 781. The van der Waals surface area contributed by atoms with Gasteiger partial charge in [0.25, 0.3) is 0 Å². The summed E-state index contributed by atoms with van der Waals surface area (Å²) in [6.45, 7) is 9.70. The van der Waals surface area contributed by atoms with Gasteiger partial charge in [-0.15, -0.1) is 13.2 Å². The van der Waals surface area contributed by atoms with E-state index in [0.29, 0.717) is 12.8 Å². The van der Waals surface area contributed by atoms with Crippen molar-refractivity contribution in [1.82, 2.24) is 0 Å². The lowest BCUT2D eigenvalue weighted by Crippen LogP contribution is -2.37. The molecule has 1 N–H and O–H groups in total. The molecule has 0 aliphatic rings. The van der Waals surface area contributed by atoms with Gasteiger partial charge in [-0.1, -0.05) is 49.8 Å². The zero-order valence-electron chi connectivity index (χ0n) is 15.7. The Morgan fingerprint density at radius 3 is 2.31 bits per heavy atom. The summed E-state index contributed by atoms with van der Waals surface area (Å²) < 4.78 is 5.29. The van der Waals surface area contributed by atoms with Crippen molar-refractivity contribution in [2.75, 3.05) is 7.11 Å². The highest BCUT2D eigenvalue weighted by atomic mass is 16.5. The van der Waals surface area contributed by atoms with Gasteiger partial charge in [-0.05, 0) is 47.7 Å². The second-order valence-corrected chi connectivity index (χ2v) is 6.76. The van der Waals surface area contributed by atoms with Crippen LogP contribution in [-0.2, 0) is 4.79 Å². The number of methoxy groups -OCH3 is 1. The van der Waals surface area contributed by atoms with Crippen molar-refractivity contribution in [1.29, 1.82) is 0 Å². The van der Waals surface area contributed by atoms with Crippen molar-refractivity contribution >= 4 is 16.7 Å². The monoisotopic (exact) mass is 352 g/mol. The molecule has 0 aromatic heterocycles. The zero-order valence-corrected chi connectivity index (χ0v) is 15.7. The highest BCUT2D eigenvalue weighted by Gasteiger charge is 2.44. The summed E-state index contributed by atoms with van der Waals surface area (Å²) in [5, 5.41) is 12.3. The van der Waals surface area contributed by atoms with Crippen molar-refractivity contribution in [3.05, 3.63) is 67.3 Å². The summed E-state index contributed by atoms with van der Waals surface area (Å²) in [4.78, 5) is 12.3. The minimum atomic E-state index is -0.917. The maximum absolute atomic E-state index is 12.3. The minimum absolute atomic E-state index is 0.104. The molecule has 138 valence electrons. The fourth-order valence-electron chi connectivity index (χ4n) is 3.84. The molecule has 0 fully saturated rings. The van der Waals surface area contributed by atoms with Crippen LogP contribution in [0.25, 0.3) is 10.8 Å². The molecule has 0 aliphatic heterocycles. The number of rotatable bonds is 10. The second kappa shape index (κ2) is 8.70. The van der Waals surface area contributed by atoms with E-state index in [-0.39, 0.29) is 5.92 Å². The zero-order chi connectivity index (χ0) is 19.2. The predicted molar refractivity (Wildman–Crippen MR) is 108 cm³/mol. The molecule has 0 aliphatic carbocycles. The maximum Gasteiger partial charge on any atom is 0.310 e. The van der Waals surface area contributed by atoms with E-state index in [1.807, 2.05) is 30.3 Å². The summed E-state index contributed by atoms with van der Waals surface area (Å²) in [5.74, 6) is -0.0772. The fraction of sp³-hybridized carbons (Fsp3) is 0.348. The molecule has 3 heteroatoms. The topological polar surface area (TPSA) is 46.5 Å². The standard InChI is InChI=1S/C23H28O3/c1-5-8-21(23(13-6-2,14-7-3)22(24)25)19-10-9-18-16-20(26-4)12-11-17(18)15-19/h6-7,9-12,15-16,21H,2-3,5,8,13-14H2,1,4H3,(H,24,25). The van der Waals surface area contributed by atoms with Gasteiger partial charge in [-0.2, -0.15) is 0 Å². The number of carboxylic acid groups (broad SMARTS) is 1. The molecule has 26 heavy (non-hydrogen) atoms. The first-order valence-corrected chi connectivity index (χ1v) is 9.05. The predicted octanol–water partition coefficient (Wildman–Crippen LogP) is 5.96. The molecule has 0 radical (unpaired) electrons. The van der Waals surface area contributed by atoms with Crippen molar-refractivity contribution in [3.8, 4) is 5.75 Å². The van der Waals surface area contributed by atoms with Crippen molar-refractivity contribution in [2.24, 2.45) is 5.41 Å². The molecule has 0 saturated carbocycles. The summed E-state index contributed by atoms with van der Waals surface area (Å²) in [6, 6.07) is 12.1. The first-order valence-electron chi connectivity index (χ1n) is 9.05. The van der Waals surface area contributed by atoms with Crippen molar-refractivity contribution in [2.45, 2.75) is 38.5 Å². The second-order valence-electron chi connectivity index (χ2n) is 6.76. The van der Waals surface area contributed by atoms with Gasteiger partial charge in [0, 0.05) is 5.92 Å². The van der Waals surface area contributed by atoms with Crippen LogP contribution in [0.15, 0.2) is 61.7 Å². The van der Waals surface area contributed by atoms with E-state index < -0.39 is 11.4 Å². The van der Waals surface area contributed by atoms with Crippen LogP contribution in [0.1, 0.15) is 44.1 Å². The quantitative estimate of drug-likeness (QED) is 0.537. The van der Waals surface area contributed by atoms with Gasteiger partial charge in [-0.25, -0.2) is 0 Å². The van der Waals surface area contributed by atoms with Crippen LogP contribution in [0.4, 0.5) is 0 Å². The van der Waals surface area contributed by atoms with E-state index in [4.69, 9.17) is 4.74 Å². The van der Waals surface area contributed by atoms with E-state index in [0.717, 1.165) is 34.9 Å². The Morgan fingerprint density at radius 1 is 1.15 bits per heavy atom. The number of benzene rings is 2. The van der Waals surface area contributed by atoms with Gasteiger partial charge in [0.2, 0.25) is 0 Å². The molecule has 2 rings (SSSR count). The average Bonchev–Trinajstić information content (AvgIpc) is 2.65. The lowest BCUT2D eigenvalue weighted by Gasteiger charge is -2.36. The molecule has 3 nitrogen and oxygen atoms in total. The van der Waals surface area contributed by atoms with Gasteiger partial charge in [0.05, 0.1) is 12.5 Å². The van der Waals surface area contributed by atoms with Crippen LogP contribution in [-0.4, -0.2) is 18.2 Å². The maximum atomic E-state index is 12.3. The number of hydrogen-bond donors (Lipinski definition) is 1. The Labute approximate surface area is 156 Å². The Balaban J connectivity index is 2.59. The smallest absolute Gasteiger partial charge is 0.310 e. The molecule has 0 spiro atoms. The fourth-order valence-corrected chi connectivity index (χ4v) is 3.84. The van der Waals surface area contributed by atoms with Gasteiger partial charge >= 0.3 is 5.97 Å². The number of fused-ring (bicyclic) bond motifs is 1. The molecule has 0 amide bonds. The number of hydrogen-bond acceptors (Lipinski definition) is 2. The molecular weight excluding hydrogens is 324 g/mol. The lowest BCUT2D eigenvalue weighted by atomic mass is 9.66. The van der Waals surface area contributed by atoms with E-state index in [9.17, 15) is 9.90 Å². The molecule has 1 unspecified atom stereocenters. The third kappa shape index (κ3) is 3.82. The Hall–Kier alpha value is -2.55. The van der Waals surface area contributed by atoms with Crippen LogP contribution in [0.5, 0.6) is 5.75 Å². The first-order chi connectivity index (χ1) is 12.5. The molecular formula is C23H28O3. The van der Waals surface area contributed by atoms with Gasteiger partial charge in [-0.3, -0.25) is 4.79 Å². The van der Waals surface area contributed by atoms with Gasteiger partial charge < -0.3 is 9.84 Å². The van der Waals surface area contributed by atoms with Crippen LogP contribution in [0, 0.1) is 5.41 Å². The molecule has 0 saturated heterocycles. The molecule has 0 bridgehead atoms. The van der Waals surface area contributed by atoms with Crippen LogP contribution < -0.4 is 4.74 Å². The Morgan fingerprint density at radius 2 is 1.77 bits per heavy atom. The van der Waals surface area contributed by atoms with Crippen LogP contribution >= 0.6 is 0 Å². The summed E-state index contributed by atoms with van der Waals surface area (Å²) in [6.07, 6.45) is 5.97. The van der Waals surface area contributed by atoms with Crippen molar-refractivity contribution < 1.29 is 14.6 Å². The third-order valence-electron chi connectivity index (χ3n) is 5.16. The van der Waals surface area contributed by atoms with Gasteiger partial charge in [0.15, 0.2) is 0 Å². The summed E-state index contributed by atoms with van der Waals surface area (Å²) in [7, 11) is 1.65. The van der Waals surface area contributed by atoms with Crippen molar-refractivity contribution in [3.63, 3.8) is 0 Å². The highest BCUT2D eigenvalue weighted by Crippen LogP contribution is 2.46. The molecule has 2 aromatic rings. The average molecular weight is 352 g/mol. The summed E-state index contributed by atoms with van der Waals surface area (Å²) >= 11 is 0. The lowest BCUT2D eigenvalue weighted by molar-refractivity contribution is -0.150. The van der Waals surface area contributed by atoms with Crippen LogP contribution in [0.2, 0.25) is 0 Å². The summed E-state index contributed by atoms with van der Waals surface area (Å²) in [5.41, 5.74) is 0.134. The van der Waals surface area contributed by atoms with Crippen LogP contribution in [0.3, 0.4) is 0 Å². The largest absolute Gasteiger partial charge is 0.497 e. The molecule has 1 atom stereocenters. The highest BCUT2D eigenvalue weighted by molar-refractivity contribution is 5.85. The number of allylic oxidation sites excluding steroid dienone is 2. The first kappa shape index (κ1) is 19.8. The number of aliphatic carboxylic acids is 1. The van der Waals surface area contributed by atoms with Gasteiger partial charge in [0.1, 0.15) is 5.75 Å². The Kier molecular flexibility index (Phi) is 6.62. The van der Waals surface area contributed by atoms with E-state index in [2.05, 4.69) is 26.1 Å². The van der Waals surface area contributed by atoms with E-state index >= 15 is 0 Å².